The van der Waals surface area contributed by atoms with E-state index in [9.17, 15) is 22.8 Å². The number of para-hydroxylation sites is 2. The van der Waals surface area contributed by atoms with Crippen LogP contribution in [0.4, 0.5) is 30.4 Å². The van der Waals surface area contributed by atoms with E-state index in [-0.39, 0.29) is 17.8 Å². The van der Waals surface area contributed by atoms with E-state index in [2.05, 4.69) is 20.1 Å². The summed E-state index contributed by atoms with van der Waals surface area (Å²) in [5, 5.41) is 5.25. The molecule has 0 spiro atoms. The van der Waals surface area contributed by atoms with E-state index < -0.39 is 18.1 Å². The second-order valence-corrected chi connectivity index (χ2v) is 9.62. The van der Waals surface area contributed by atoms with Gasteiger partial charge in [0.05, 0.1) is 11.4 Å². The lowest BCUT2D eigenvalue weighted by Crippen LogP contribution is -2.38. The molecule has 0 bridgehead atoms. The fourth-order valence-electron chi connectivity index (χ4n) is 4.67. The molecule has 2 aromatic heterocycles. The number of nitrogens with zero attached hydrogens (tertiary/aromatic N) is 3. The van der Waals surface area contributed by atoms with Crippen LogP contribution in [-0.2, 0) is 16.2 Å². The van der Waals surface area contributed by atoms with Crippen LogP contribution in [0.25, 0.3) is 33.2 Å². The molecule has 12 heteroatoms. The second kappa shape index (κ2) is 11.5. The molecule has 0 aliphatic heterocycles. The molecule has 44 heavy (non-hydrogen) atoms. The fourth-order valence-corrected chi connectivity index (χ4v) is 4.67. The van der Waals surface area contributed by atoms with Gasteiger partial charge in [-0.05, 0) is 48.0 Å². The monoisotopic (exact) mass is 597 g/mol. The van der Waals surface area contributed by atoms with Gasteiger partial charge in [-0.2, -0.15) is 13.2 Å². The molecule has 4 aromatic carbocycles. The van der Waals surface area contributed by atoms with Gasteiger partial charge in [-0.25, -0.2) is 14.8 Å². The number of carbonyl (C=O) groups is 2. The van der Waals surface area contributed by atoms with Crippen molar-refractivity contribution < 1.29 is 32.0 Å². The van der Waals surface area contributed by atoms with Crippen LogP contribution in [0, 0.1) is 0 Å². The number of alkyl halides is 3. The number of nitrogens with one attached hydrogen (secondary N) is 1. The number of rotatable bonds is 6. The Morgan fingerprint density at radius 3 is 2.48 bits per heavy atom. The summed E-state index contributed by atoms with van der Waals surface area (Å²) in [5.41, 5.74) is 9.05. The molecule has 0 unspecified atom stereocenters. The zero-order valence-electron chi connectivity index (χ0n) is 22.7. The number of anilines is 3. The molecule has 0 aliphatic rings. The molecule has 0 aliphatic carbocycles. The van der Waals surface area contributed by atoms with Crippen LogP contribution in [0.5, 0.6) is 0 Å². The summed E-state index contributed by atoms with van der Waals surface area (Å²) < 4.78 is 45.6. The van der Waals surface area contributed by atoms with Gasteiger partial charge in [-0.3, -0.25) is 4.79 Å². The minimum atomic E-state index is -5.34. The van der Waals surface area contributed by atoms with Gasteiger partial charge in [0, 0.05) is 40.2 Å². The predicted octanol–water partition coefficient (Wildman–Crippen LogP) is 6.91. The van der Waals surface area contributed by atoms with Gasteiger partial charge in [0.15, 0.2) is 0 Å². The standard InChI is InChI=1S/C32H22F3N5O4/c33-32(34,35)31(42)44-40(30(41)20-7-3-6-19(14-20)17-36)22-9-4-8-21(15-22)39-28-16-26(37-18-38-28)25-12-5-11-24-23-10-1-2-13-27(23)43-29(24)25/h1-16,18H,17,36H2,(H,37,38,39). The number of hydrogen-bond acceptors (Lipinski definition) is 8. The smallest absolute Gasteiger partial charge is 0.455 e. The first kappa shape index (κ1) is 28.4. The van der Waals surface area contributed by atoms with Gasteiger partial charge < -0.3 is 20.3 Å². The number of benzene rings is 4. The Morgan fingerprint density at radius 1 is 0.886 bits per heavy atom. The van der Waals surface area contributed by atoms with E-state index in [4.69, 9.17) is 10.2 Å². The third-order valence-electron chi connectivity index (χ3n) is 6.70. The fraction of sp³-hybridized carbons (Fsp3) is 0.0625. The van der Waals surface area contributed by atoms with E-state index in [0.29, 0.717) is 33.4 Å². The number of halogens is 3. The van der Waals surface area contributed by atoms with E-state index in [0.717, 1.165) is 21.9 Å². The Morgan fingerprint density at radius 2 is 1.66 bits per heavy atom. The lowest BCUT2D eigenvalue weighted by molar-refractivity contribution is -0.199. The highest BCUT2D eigenvalue weighted by atomic mass is 19.4. The van der Waals surface area contributed by atoms with Crippen LogP contribution in [0.1, 0.15) is 15.9 Å². The quantitative estimate of drug-likeness (QED) is 0.199. The topological polar surface area (TPSA) is 124 Å². The van der Waals surface area contributed by atoms with Crippen molar-refractivity contribution in [1.29, 1.82) is 0 Å². The number of nitrogens with two attached hydrogens (primary N) is 1. The number of aromatic nitrogens is 2. The maximum Gasteiger partial charge on any atom is 0.493 e. The van der Waals surface area contributed by atoms with Crippen molar-refractivity contribution in [3.63, 3.8) is 0 Å². The number of furan rings is 1. The number of hydrogen-bond donors (Lipinski definition) is 2. The van der Waals surface area contributed by atoms with E-state index in [1.165, 1.54) is 42.7 Å². The average molecular weight is 598 g/mol. The minimum absolute atomic E-state index is 0.0264. The van der Waals surface area contributed by atoms with E-state index in [1.54, 1.807) is 18.2 Å². The summed E-state index contributed by atoms with van der Waals surface area (Å²) in [4.78, 5) is 38.3. The maximum atomic E-state index is 13.3. The highest BCUT2D eigenvalue weighted by Crippen LogP contribution is 2.35. The molecule has 0 saturated heterocycles. The third-order valence-corrected chi connectivity index (χ3v) is 6.70. The van der Waals surface area contributed by atoms with Gasteiger partial charge in [0.1, 0.15) is 23.3 Å². The van der Waals surface area contributed by atoms with Crippen LogP contribution in [-0.4, -0.2) is 28.0 Å². The van der Waals surface area contributed by atoms with Crippen molar-refractivity contribution in [3.05, 3.63) is 115 Å². The van der Waals surface area contributed by atoms with Crippen molar-refractivity contribution >= 4 is 51.0 Å². The Bertz CT molecular complexity index is 2030. The molecule has 2 heterocycles. The maximum absolute atomic E-state index is 13.3. The summed E-state index contributed by atoms with van der Waals surface area (Å²) in [6.07, 6.45) is -3.98. The summed E-state index contributed by atoms with van der Waals surface area (Å²) in [6.45, 7) is 0.0919. The first-order chi connectivity index (χ1) is 21.2. The van der Waals surface area contributed by atoms with Gasteiger partial charge in [-0.1, -0.05) is 48.5 Å². The zero-order chi connectivity index (χ0) is 30.8. The highest BCUT2D eigenvalue weighted by Gasteiger charge is 2.44. The molecule has 0 radical (unpaired) electrons. The van der Waals surface area contributed by atoms with Gasteiger partial charge in [-0.15, -0.1) is 5.06 Å². The molecule has 6 aromatic rings. The van der Waals surface area contributed by atoms with Crippen LogP contribution in [0.15, 0.2) is 108 Å². The summed E-state index contributed by atoms with van der Waals surface area (Å²) in [6, 6.07) is 26.8. The van der Waals surface area contributed by atoms with E-state index >= 15 is 0 Å². The molecule has 220 valence electrons. The Labute approximate surface area is 247 Å². The molecule has 0 atom stereocenters. The first-order valence-corrected chi connectivity index (χ1v) is 13.2. The number of fused-ring (bicyclic) bond motifs is 3. The molecule has 3 N–H and O–H groups in total. The highest BCUT2D eigenvalue weighted by molar-refractivity contribution is 6.09. The van der Waals surface area contributed by atoms with Gasteiger partial charge in [0.25, 0.3) is 5.91 Å². The molecular weight excluding hydrogens is 575 g/mol. The first-order valence-electron chi connectivity index (χ1n) is 13.2. The van der Waals surface area contributed by atoms with Crippen LogP contribution >= 0.6 is 0 Å². The summed E-state index contributed by atoms with van der Waals surface area (Å²) in [5.74, 6) is -3.21. The van der Waals surface area contributed by atoms with Crippen LogP contribution < -0.4 is 16.1 Å². The van der Waals surface area contributed by atoms with Crippen molar-refractivity contribution in [3.8, 4) is 11.3 Å². The molecule has 0 saturated carbocycles. The molecule has 0 fully saturated rings. The average Bonchev–Trinajstić information content (AvgIpc) is 3.42. The molecule has 1 amide bonds. The predicted molar refractivity (Wildman–Crippen MR) is 158 cm³/mol. The summed E-state index contributed by atoms with van der Waals surface area (Å²) in [7, 11) is 0. The molecule has 9 nitrogen and oxygen atoms in total. The SMILES string of the molecule is NCc1cccc(C(=O)N(OC(=O)C(F)(F)F)c2cccc(Nc3cc(-c4cccc5c4oc4ccccc45)ncn3)c2)c1. The Hall–Kier alpha value is -5.75. The number of hydroxylamine groups is 1. The van der Waals surface area contributed by atoms with Crippen molar-refractivity contribution in [2.45, 2.75) is 12.7 Å². The van der Waals surface area contributed by atoms with Crippen molar-refractivity contribution in [1.82, 2.24) is 9.97 Å². The lowest BCUT2D eigenvalue weighted by Gasteiger charge is -2.22. The molecule has 6 rings (SSSR count). The van der Waals surface area contributed by atoms with Crippen molar-refractivity contribution in [2.75, 3.05) is 10.4 Å². The number of amides is 1. The second-order valence-electron chi connectivity index (χ2n) is 9.62. The van der Waals surface area contributed by atoms with Crippen LogP contribution in [0.2, 0.25) is 0 Å². The Balaban J connectivity index is 1.32. The third kappa shape index (κ3) is 5.65. The van der Waals surface area contributed by atoms with Gasteiger partial charge >= 0.3 is 12.1 Å². The summed E-state index contributed by atoms with van der Waals surface area (Å²) >= 11 is 0. The zero-order valence-corrected chi connectivity index (χ0v) is 22.7. The molecular formula is C32H22F3N5O4. The largest absolute Gasteiger partial charge is 0.493 e. The number of carbonyl (C=O) groups excluding carboxylic acids is 2. The van der Waals surface area contributed by atoms with E-state index in [1.807, 2.05) is 42.5 Å². The van der Waals surface area contributed by atoms with Crippen LogP contribution in [0.3, 0.4) is 0 Å². The Kier molecular flexibility index (Phi) is 7.41. The van der Waals surface area contributed by atoms with Crippen molar-refractivity contribution in [2.24, 2.45) is 5.73 Å². The van der Waals surface area contributed by atoms with Gasteiger partial charge in [0.2, 0.25) is 0 Å². The minimum Gasteiger partial charge on any atom is -0.455 e. The normalized spacial score (nSPS) is 11.5. The lowest BCUT2D eigenvalue weighted by atomic mass is 10.1.